The Labute approximate surface area is 128 Å². The quantitative estimate of drug-likeness (QED) is 0.741. The molecule has 118 valence electrons. The summed E-state index contributed by atoms with van der Waals surface area (Å²) in [6.07, 6.45) is 3.25. The van der Waals surface area contributed by atoms with Crippen LogP contribution in [0.15, 0.2) is 18.2 Å². The average Bonchev–Trinajstić information content (AvgIpc) is 2.46. The third kappa shape index (κ3) is 5.50. The van der Waals surface area contributed by atoms with Crippen LogP contribution in [-0.2, 0) is 22.4 Å². The molecule has 0 heterocycles. The number of hydrogen-bond acceptors (Lipinski definition) is 3. The van der Waals surface area contributed by atoms with Crippen molar-refractivity contribution in [3.8, 4) is 0 Å². The summed E-state index contributed by atoms with van der Waals surface area (Å²) in [5.74, 6) is 0.101. The third-order valence-corrected chi connectivity index (χ3v) is 3.88. The predicted octanol–water partition coefficient (Wildman–Crippen LogP) is 3.79. The summed E-state index contributed by atoms with van der Waals surface area (Å²) in [5.41, 5.74) is 10.2. The van der Waals surface area contributed by atoms with Crippen molar-refractivity contribution in [2.45, 2.75) is 59.4 Å². The molecule has 0 bridgehead atoms. The summed E-state index contributed by atoms with van der Waals surface area (Å²) < 4.78 is 5.00. The van der Waals surface area contributed by atoms with Gasteiger partial charge < -0.3 is 10.5 Å². The maximum absolute atomic E-state index is 11.5. The highest BCUT2D eigenvalue weighted by Crippen LogP contribution is 2.26. The Morgan fingerprint density at radius 1 is 1.24 bits per heavy atom. The first-order valence-electron chi connectivity index (χ1n) is 8.04. The van der Waals surface area contributed by atoms with Gasteiger partial charge in [0.1, 0.15) is 0 Å². The Balaban J connectivity index is 2.73. The molecule has 2 N–H and O–H groups in total. The van der Waals surface area contributed by atoms with Crippen LogP contribution >= 0.6 is 0 Å². The standard InChI is InChI=1S/C18H29NO2/c1-5-14-8-9-15(6-2)16(12-14)17(19)10-13(4)11-18(20)21-7-3/h8-9,12-13,17H,5-7,10-11,19H2,1-4H3. The van der Waals surface area contributed by atoms with Crippen molar-refractivity contribution in [1.82, 2.24) is 0 Å². The second-order valence-corrected chi connectivity index (χ2v) is 5.70. The lowest BCUT2D eigenvalue weighted by Gasteiger charge is -2.20. The van der Waals surface area contributed by atoms with E-state index in [4.69, 9.17) is 10.5 Å². The zero-order valence-corrected chi connectivity index (χ0v) is 13.8. The van der Waals surface area contributed by atoms with Crippen LogP contribution in [0.5, 0.6) is 0 Å². The van der Waals surface area contributed by atoms with Crippen molar-refractivity contribution >= 4 is 5.97 Å². The van der Waals surface area contributed by atoms with Crippen LogP contribution in [0.3, 0.4) is 0 Å². The maximum Gasteiger partial charge on any atom is 0.306 e. The van der Waals surface area contributed by atoms with Gasteiger partial charge in [-0.2, -0.15) is 0 Å². The normalized spacial score (nSPS) is 13.8. The molecule has 0 spiro atoms. The van der Waals surface area contributed by atoms with E-state index in [0.29, 0.717) is 13.0 Å². The van der Waals surface area contributed by atoms with Gasteiger partial charge in [-0.05, 0) is 48.8 Å². The molecule has 1 rings (SSSR count). The summed E-state index contributed by atoms with van der Waals surface area (Å²) in [4.78, 5) is 11.5. The van der Waals surface area contributed by atoms with Crippen LogP contribution in [-0.4, -0.2) is 12.6 Å². The van der Waals surface area contributed by atoms with Gasteiger partial charge in [-0.3, -0.25) is 4.79 Å². The van der Waals surface area contributed by atoms with Crippen LogP contribution < -0.4 is 5.73 Å². The SMILES string of the molecule is CCOC(=O)CC(C)CC(N)c1cc(CC)ccc1CC. The Kier molecular flexibility index (Phi) is 7.44. The molecule has 0 saturated carbocycles. The zero-order chi connectivity index (χ0) is 15.8. The van der Waals surface area contributed by atoms with E-state index in [0.717, 1.165) is 19.3 Å². The van der Waals surface area contributed by atoms with Gasteiger partial charge in [0.2, 0.25) is 0 Å². The molecule has 0 aliphatic rings. The molecule has 0 aromatic heterocycles. The van der Waals surface area contributed by atoms with Gasteiger partial charge in [-0.1, -0.05) is 39.0 Å². The molecule has 0 aliphatic carbocycles. The molecule has 0 amide bonds. The van der Waals surface area contributed by atoms with Crippen molar-refractivity contribution in [3.05, 3.63) is 34.9 Å². The highest BCUT2D eigenvalue weighted by molar-refractivity contribution is 5.69. The van der Waals surface area contributed by atoms with Gasteiger partial charge in [-0.25, -0.2) is 0 Å². The fraction of sp³-hybridized carbons (Fsp3) is 0.611. The number of rotatable bonds is 8. The maximum atomic E-state index is 11.5. The van der Waals surface area contributed by atoms with E-state index in [1.165, 1.54) is 16.7 Å². The lowest BCUT2D eigenvalue weighted by atomic mass is 9.89. The monoisotopic (exact) mass is 291 g/mol. The van der Waals surface area contributed by atoms with E-state index in [9.17, 15) is 4.79 Å². The topological polar surface area (TPSA) is 52.3 Å². The summed E-state index contributed by atoms with van der Waals surface area (Å²) >= 11 is 0. The number of aryl methyl sites for hydroxylation is 2. The van der Waals surface area contributed by atoms with E-state index in [-0.39, 0.29) is 17.9 Å². The van der Waals surface area contributed by atoms with Gasteiger partial charge in [0.15, 0.2) is 0 Å². The molecule has 0 saturated heterocycles. The molecule has 2 unspecified atom stereocenters. The number of nitrogens with two attached hydrogens (primary N) is 1. The number of esters is 1. The fourth-order valence-electron chi connectivity index (χ4n) is 2.68. The van der Waals surface area contributed by atoms with Crippen molar-refractivity contribution in [2.24, 2.45) is 11.7 Å². The van der Waals surface area contributed by atoms with Gasteiger partial charge in [0.05, 0.1) is 6.61 Å². The minimum atomic E-state index is -0.129. The molecule has 3 heteroatoms. The lowest BCUT2D eigenvalue weighted by Crippen LogP contribution is -2.18. The van der Waals surface area contributed by atoms with Crippen LogP contribution in [0.2, 0.25) is 0 Å². The van der Waals surface area contributed by atoms with Crippen molar-refractivity contribution < 1.29 is 9.53 Å². The van der Waals surface area contributed by atoms with Gasteiger partial charge >= 0.3 is 5.97 Å². The van der Waals surface area contributed by atoms with Crippen LogP contribution in [0, 0.1) is 5.92 Å². The molecule has 0 aliphatic heterocycles. The first-order chi connectivity index (χ1) is 10.0. The van der Waals surface area contributed by atoms with Crippen LogP contribution in [0.25, 0.3) is 0 Å². The summed E-state index contributed by atoms with van der Waals surface area (Å²) in [6, 6.07) is 6.57. The van der Waals surface area contributed by atoms with Crippen LogP contribution in [0.1, 0.15) is 63.3 Å². The Bertz CT molecular complexity index is 457. The fourth-order valence-corrected chi connectivity index (χ4v) is 2.68. The Morgan fingerprint density at radius 3 is 2.52 bits per heavy atom. The minimum Gasteiger partial charge on any atom is -0.466 e. The highest BCUT2D eigenvalue weighted by Gasteiger charge is 2.17. The predicted molar refractivity (Wildman–Crippen MR) is 87.2 cm³/mol. The number of hydrogen-bond donors (Lipinski definition) is 1. The summed E-state index contributed by atoms with van der Waals surface area (Å²) in [6.45, 7) is 8.64. The van der Waals surface area contributed by atoms with E-state index < -0.39 is 0 Å². The molecule has 2 atom stereocenters. The van der Waals surface area contributed by atoms with Gasteiger partial charge in [0, 0.05) is 12.5 Å². The smallest absolute Gasteiger partial charge is 0.306 e. The summed E-state index contributed by atoms with van der Waals surface area (Å²) in [5, 5.41) is 0. The Morgan fingerprint density at radius 2 is 1.95 bits per heavy atom. The first kappa shape index (κ1) is 17.7. The molecular weight excluding hydrogens is 262 g/mol. The van der Waals surface area contributed by atoms with Crippen molar-refractivity contribution in [3.63, 3.8) is 0 Å². The molecule has 1 aromatic rings. The van der Waals surface area contributed by atoms with E-state index in [1.54, 1.807) is 0 Å². The molecular formula is C18H29NO2. The number of carbonyl (C=O) groups is 1. The molecule has 1 aromatic carbocycles. The molecule has 0 fully saturated rings. The second kappa shape index (κ2) is 8.83. The third-order valence-electron chi connectivity index (χ3n) is 3.88. The second-order valence-electron chi connectivity index (χ2n) is 5.70. The van der Waals surface area contributed by atoms with Crippen molar-refractivity contribution in [2.75, 3.05) is 6.61 Å². The molecule has 3 nitrogen and oxygen atoms in total. The first-order valence-corrected chi connectivity index (χ1v) is 8.04. The Hall–Kier alpha value is -1.35. The van der Waals surface area contributed by atoms with Crippen molar-refractivity contribution in [1.29, 1.82) is 0 Å². The van der Waals surface area contributed by atoms with E-state index in [2.05, 4.69) is 39.0 Å². The van der Waals surface area contributed by atoms with Crippen LogP contribution in [0.4, 0.5) is 0 Å². The number of benzene rings is 1. The average molecular weight is 291 g/mol. The lowest BCUT2D eigenvalue weighted by molar-refractivity contribution is -0.144. The molecule has 0 radical (unpaired) electrons. The van der Waals surface area contributed by atoms with E-state index in [1.807, 2.05) is 6.92 Å². The van der Waals surface area contributed by atoms with E-state index >= 15 is 0 Å². The number of ether oxygens (including phenoxy) is 1. The van der Waals surface area contributed by atoms with Gasteiger partial charge in [0.25, 0.3) is 0 Å². The highest BCUT2D eigenvalue weighted by atomic mass is 16.5. The largest absolute Gasteiger partial charge is 0.466 e. The minimum absolute atomic E-state index is 0.0177. The summed E-state index contributed by atoms with van der Waals surface area (Å²) in [7, 11) is 0. The number of carbonyl (C=O) groups excluding carboxylic acids is 1. The zero-order valence-electron chi connectivity index (χ0n) is 13.8. The molecule has 21 heavy (non-hydrogen) atoms. The van der Waals surface area contributed by atoms with Gasteiger partial charge in [-0.15, -0.1) is 0 Å².